The maximum atomic E-state index is 13.5. The molecule has 0 saturated heterocycles. The van der Waals surface area contributed by atoms with Gasteiger partial charge < -0.3 is 10.2 Å². The summed E-state index contributed by atoms with van der Waals surface area (Å²) in [5.74, 6) is -2.72. The molecule has 8 heteroatoms. The Morgan fingerprint density at radius 1 is 1.03 bits per heavy atom. The third-order valence-corrected chi connectivity index (χ3v) is 6.93. The lowest BCUT2D eigenvalue weighted by atomic mass is 9.73. The van der Waals surface area contributed by atoms with Crippen LogP contribution < -0.4 is 4.90 Å². The van der Waals surface area contributed by atoms with Crippen molar-refractivity contribution in [3.63, 3.8) is 0 Å². The Labute approximate surface area is 196 Å². The first kappa shape index (κ1) is 22.2. The van der Waals surface area contributed by atoms with Crippen LogP contribution in [0.15, 0.2) is 42.5 Å². The molecule has 0 spiro atoms. The van der Waals surface area contributed by atoms with Gasteiger partial charge in [-0.15, -0.1) is 0 Å². The number of allylic oxidation sites excluding steroid dienone is 1. The predicted octanol–water partition coefficient (Wildman–Crippen LogP) is 2.55. The van der Waals surface area contributed by atoms with Crippen LogP contribution in [0, 0.1) is 0 Å². The zero-order chi connectivity index (χ0) is 24.3. The molecule has 0 radical (unpaired) electrons. The topological polar surface area (TPSA) is 115 Å². The fraction of sp³-hybridized carbons (Fsp3) is 0.308. The van der Waals surface area contributed by atoms with Crippen LogP contribution in [0.2, 0.25) is 0 Å². The van der Waals surface area contributed by atoms with Gasteiger partial charge >= 0.3 is 0 Å². The maximum absolute atomic E-state index is 13.5. The Hall–Kier alpha value is -3.62. The van der Waals surface area contributed by atoms with E-state index in [0.717, 1.165) is 9.80 Å². The van der Waals surface area contributed by atoms with Crippen molar-refractivity contribution in [2.75, 3.05) is 11.5 Å². The Bertz CT molecular complexity index is 1290. The summed E-state index contributed by atoms with van der Waals surface area (Å²) in [6.07, 6.45) is 1.52. The second-order valence-corrected chi connectivity index (χ2v) is 8.83. The van der Waals surface area contributed by atoms with Gasteiger partial charge in [0.25, 0.3) is 17.7 Å². The van der Waals surface area contributed by atoms with E-state index in [1.165, 1.54) is 12.1 Å². The number of aliphatic hydroxyl groups excluding tert-OH is 2. The number of amides is 4. The molecule has 1 aliphatic carbocycles. The summed E-state index contributed by atoms with van der Waals surface area (Å²) >= 11 is 0. The molecule has 2 aromatic rings. The molecule has 5 rings (SSSR count). The predicted molar refractivity (Wildman–Crippen MR) is 123 cm³/mol. The summed E-state index contributed by atoms with van der Waals surface area (Å²) in [6.45, 7) is 3.06. The van der Waals surface area contributed by atoms with E-state index in [-0.39, 0.29) is 29.7 Å². The summed E-state index contributed by atoms with van der Waals surface area (Å²) in [5.41, 5.74) is 2.50. The van der Waals surface area contributed by atoms with E-state index in [2.05, 4.69) is 0 Å². The summed E-state index contributed by atoms with van der Waals surface area (Å²) in [4.78, 5) is 55.8. The summed E-state index contributed by atoms with van der Waals surface area (Å²) in [5, 5.41) is 19.7. The van der Waals surface area contributed by atoms with E-state index in [4.69, 9.17) is 0 Å². The van der Waals surface area contributed by atoms with Crippen molar-refractivity contribution >= 4 is 34.9 Å². The van der Waals surface area contributed by atoms with Crippen LogP contribution in [-0.4, -0.2) is 51.4 Å². The molecule has 2 aromatic carbocycles. The summed E-state index contributed by atoms with van der Waals surface area (Å²) in [7, 11) is 0. The molecule has 0 aromatic heterocycles. The minimum atomic E-state index is -0.769. The molecule has 2 N–H and O–H groups in total. The second-order valence-electron chi connectivity index (χ2n) is 8.83. The molecule has 8 nitrogen and oxygen atoms in total. The van der Waals surface area contributed by atoms with Crippen molar-refractivity contribution in [2.24, 2.45) is 0 Å². The summed E-state index contributed by atoms with van der Waals surface area (Å²) < 4.78 is 0. The number of nitrogens with zero attached hydrogens (tertiary/aromatic N) is 2. The number of hydrogen-bond donors (Lipinski definition) is 2. The van der Waals surface area contributed by atoms with Crippen LogP contribution in [-0.2, 0) is 9.59 Å². The van der Waals surface area contributed by atoms with E-state index >= 15 is 0 Å². The molecule has 2 heterocycles. The number of carbonyl (C=O) groups excluding carboxylic acids is 4. The van der Waals surface area contributed by atoms with Crippen molar-refractivity contribution in [3.8, 4) is 0 Å². The van der Waals surface area contributed by atoms with Gasteiger partial charge in [-0.1, -0.05) is 25.1 Å². The largest absolute Gasteiger partial charge is 0.394 e. The van der Waals surface area contributed by atoms with Gasteiger partial charge in [-0.05, 0) is 55.2 Å². The fourth-order valence-corrected chi connectivity index (χ4v) is 5.14. The highest BCUT2D eigenvalue weighted by Gasteiger charge is 2.48. The number of imide groups is 2. The Balaban J connectivity index is 1.66. The van der Waals surface area contributed by atoms with Crippen molar-refractivity contribution in [2.45, 2.75) is 44.8 Å². The lowest BCUT2D eigenvalue weighted by molar-refractivity contribution is -0.133. The smallest absolute Gasteiger partial charge is 0.265 e. The van der Waals surface area contributed by atoms with Gasteiger partial charge in [0.1, 0.15) is 0 Å². The Kier molecular flexibility index (Phi) is 5.22. The normalized spacial score (nSPS) is 20.8. The van der Waals surface area contributed by atoms with Gasteiger partial charge in [0.2, 0.25) is 5.91 Å². The minimum Gasteiger partial charge on any atom is -0.394 e. The Morgan fingerprint density at radius 2 is 1.76 bits per heavy atom. The fourth-order valence-electron chi connectivity index (χ4n) is 5.14. The molecule has 3 aliphatic rings. The monoisotopic (exact) mass is 460 g/mol. The quantitative estimate of drug-likeness (QED) is 0.663. The zero-order valence-electron chi connectivity index (χ0n) is 18.8. The van der Waals surface area contributed by atoms with Gasteiger partial charge in [-0.25, -0.2) is 4.90 Å². The van der Waals surface area contributed by atoms with E-state index in [1.54, 1.807) is 44.2 Å². The molecule has 2 aliphatic heterocycles. The number of rotatable bonds is 5. The van der Waals surface area contributed by atoms with Crippen molar-refractivity contribution in [1.82, 2.24) is 4.90 Å². The van der Waals surface area contributed by atoms with Gasteiger partial charge in [0.15, 0.2) is 0 Å². The molecule has 3 atom stereocenters. The number of hydrogen-bond acceptors (Lipinski definition) is 6. The highest BCUT2D eigenvalue weighted by atomic mass is 16.3. The van der Waals surface area contributed by atoms with E-state index in [9.17, 15) is 29.4 Å². The van der Waals surface area contributed by atoms with Crippen LogP contribution in [0.3, 0.4) is 0 Å². The number of aliphatic hydroxyl groups is 2. The molecule has 174 valence electrons. The first-order valence-corrected chi connectivity index (χ1v) is 11.3. The SMILES string of the molecule is CCC(CO)N1C(=O)c2ccc3c4c2C(CC=C4C(=O)N(c2cccc(C(C)O)c2)C3=O)C1=O. The standard InChI is InChI=1S/C26H24N2O6/c1-3-15(12-29)27-23(31)17-7-9-19-22-20(10-8-18(21(17)22)24(27)32)26(34)28(25(19)33)16-6-4-5-14(11-16)13(2)30/h4-7,9-11,13,15,18,29-30H,3,8,12H2,1-2H3. The Morgan fingerprint density at radius 3 is 2.44 bits per heavy atom. The van der Waals surface area contributed by atoms with Crippen molar-refractivity contribution in [3.05, 3.63) is 70.3 Å². The zero-order valence-corrected chi connectivity index (χ0v) is 18.8. The first-order valence-electron chi connectivity index (χ1n) is 11.3. The summed E-state index contributed by atoms with van der Waals surface area (Å²) in [6, 6.07) is 9.03. The second kappa shape index (κ2) is 8.00. The molecular formula is C26H24N2O6. The van der Waals surface area contributed by atoms with Crippen LogP contribution in [0.1, 0.15) is 76.1 Å². The highest BCUT2D eigenvalue weighted by molar-refractivity contribution is 6.42. The maximum Gasteiger partial charge on any atom is 0.265 e. The number of benzene rings is 2. The third-order valence-electron chi connectivity index (χ3n) is 6.93. The van der Waals surface area contributed by atoms with E-state index in [0.29, 0.717) is 28.8 Å². The van der Waals surface area contributed by atoms with Crippen LogP contribution in [0.5, 0.6) is 0 Å². The molecule has 0 fully saturated rings. The first-order chi connectivity index (χ1) is 16.3. The molecule has 3 unspecified atom stereocenters. The van der Waals surface area contributed by atoms with Gasteiger partial charge in [0.05, 0.1) is 30.4 Å². The lowest BCUT2D eigenvalue weighted by Crippen LogP contribution is -2.53. The van der Waals surface area contributed by atoms with E-state index < -0.39 is 41.7 Å². The molecule has 0 saturated carbocycles. The average molecular weight is 460 g/mol. The lowest BCUT2D eigenvalue weighted by Gasteiger charge is -2.41. The van der Waals surface area contributed by atoms with Crippen LogP contribution in [0.4, 0.5) is 5.69 Å². The van der Waals surface area contributed by atoms with E-state index in [1.807, 2.05) is 0 Å². The number of anilines is 1. The molecule has 0 bridgehead atoms. The third kappa shape index (κ3) is 2.99. The number of carbonyl (C=O) groups is 4. The van der Waals surface area contributed by atoms with Crippen LogP contribution in [0.25, 0.3) is 5.57 Å². The van der Waals surface area contributed by atoms with Crippen LogP contribution >= 0.6 is 0 Å². The highest BCUT2D eigenvalue weighted by Crippen LogP contribution is 2.46. The van der Waals surface area contributed by atoms with Gasteiger partial charge in [-0.2, -0.15) is 0 Å². The van der Waals surface area contributed by atoms with Gasteiger partial charge in [-0.3, -0.25) is 24.1 Å². The van der Waals surface area contributed by atoms with Crippen molar-refractivity contribution < 1.29 is 29.4 Å². The molecular weight excluding hydrogens is 436 g/mol. The molecule has 4 amide bonds. The minimum absolute atomic E-state index is 0.213. The van der Waals surface area contributed by atoms with Gasteiger partial charge in [0, 0.05) is 22.3 Å². The molecule has 34 heavy (non-hydrogen) atoms. The average Bonchev–Trinajstić information content (AvgIpc) is 2.84. The van der Waals surface area contributed by atoms with Crippen molar-refractivity contribution in [1.29, 1.82) is 0 Å².